The van der Waals surface area contributed by atoms with Crippen LogP contribution in [0.1, 0.15) is 25.7 Å². The molecule has 1 rings (SSSR count). The molecular formula is C8H18N4. The highest BCUT2D eigenvalue weighted by atomic mass is 15.2. The zero-order valence-electron chi connectivity index (χ0n) is 7.50. The van der Waals surface area contributed by atoms with Gasteiger partial charge in [-0.2, -0.15) is 5.10 Å². The molecule has 12 heavy (non-hydrogen) atoms. The third kappa shape index (κ3) is 3.09. The molecule has 0 aromatic carbocycles. The minimum atomic E-state index is 0.564. The van der Waals surface area contributed by atoms with E-state index in [-0.39, 0.29) is 0 Å². The summed E-state index contributed by atoms with van der Waals surface area (Å²) in [5, 5.41) is 3.43. The molecule has 0 aliphatic carbocycles. The molecule has 0 aromatic rings. The van der Waals surface area contributed by atoms with Crippen molar-refractivity contribution in [3.05, 3.63) is 0 Å². The van der Waals surface area contributed by atoms with E-state index in [1.54, 1.807) is 0 Å². The fraction of sp³-hybridized carbons (Fsp3) is 0.875. The number of hydrazone groups is 1. The van der Waals surface area contributed by atoms with E-state index in [0.29, 0.717) is 5.84 Å². The van der Waals surface area contributed by atoms with Gasteiger partial charge in [0.1, 0.15) is 5.84 Å². The predicted octanol–water partition coefficient (Wildman–Crippen LogP) is 0.0933. The SMILES string of the molecule is NN=C(N)CCCN1CCCC1. The van der Waals surface area contributed by atoms with E-state index in [1.165, 1.54) is 25.9 Å². The summed E-state index contributed by atoms with van der Waals surface area (Å²) in [5.41, 5.74) is 5.46. The Kier molecular flexibility index (Phi) is 3.87. The van der Waals surface area contributed by atoms with Crippen LogP contribution in [-0.2, 0) is 0 Å². The van der Waals surface area contributed by atoms with Crippen LogP contribution in [0, 0.1) is 0 Å². The number of nitrogens with two attached hydrogens (primary N) is 2. The second-order valence-corrected chi connectivity index (χ2v) is 3.27. The van der Waals surface area contributed by atoms with Crippen LogP contribution in [0.5, 0.6) is 0 Å². The Morgan fingerprint density at radius 3 is 2.58 bits per heavy atom. The van der Waals surface area contributed by atoms with E-state index in [0.717, 1.165) is 19.4 Å². The average molecular weight is 170 g/mol. The van der Waals surface area contributed by atoms with Gasteiger partial charge in [0.2, 0.25) is 0 Å². The largest absolute Gasteiger partial charge is 0.386 e. The molecule has 0 amide bonds. The second kappa shape index (κ2) is 4.98. The Balaban J connectivity index is 2.01. The van der Waals surface area contributed by atoms with Crippen LogP contribution in [0.15, 0.2) is 5.10 Å². The molecule has 0 spiro atoms. The first-order valence-corrected chi connectivity index (χ1v) is 4.57. The Bertz CT molecular complexity index is 149. The third-order valence-electron chi connectivity index (χ3n) is 2.27. The van der Waals surface area contributed by atoms with Gasteiger partial charge in [0, 0.05) is 6.42 Å². The lowest BCUT2D eigenvalue weighted by atomic mass is 10.3. The molecule has 0 aromatic heterocycles. The number of amidine groups is 1. The van der Waals surface area contributed by atoms with E-state index < -0.39 is 0 Å². The summed E-state index contributed by atoms with van der Waals surface area (Å²) in [6.07, 6.45) is 4.60. The van der Waals surface area contributed by atoms with Crippen LogP contribution >= 0.6 is 0 Å². The quantitative estimate of drug-likeness (QED) is 0.272. The fourth-order valence-corrected chi connectivity index (χ4v) is 1.55. The number of likely N-dealkylation sites (tertiary alicyclic amines) is 1. The Hall–Kier alpha value is -0.770. The predicted molar refractivity (Wildman–Crippen MR) is 50.7 cm³/mol. The Morgan fingerprint density at radius 1 is 1.33 bits per heavy atom. The lowest BCUT2D eigenvalue weighted by Gasteiger charge is -2.13. The van der Waals surface area contributed by atoms with Gasteiger partial charge in [-0.1, -0.05) is 0 Å². The van der Waals surface area contributed by atoms with E-state index in [2.05, 4.69) is 10.0 Å². The van der Waals surface area contributed by atoms with Gasteiger partial charge in [-0.25, -0.2) is 0 Å². The second-order valence-electron chi connectivity index (χ2n) is 3.27. The number of hydrogen-bond acceptors (Lipinski definition) is 3. The lowest BCUT2D eigenvalue weighted by Crippen LogP contribution is -2.22. The zero-order chi connectivity index (χ0) is 8.81. The number of rotatable bonds is 4. The van der Waals surface area contributed by atoms with Gasteiger partial charge >= 0.3 is 0 Å². The summed E-state index contributed by atoms with van der Waals surface area (Å²) in [6, 6.07) is 0. The molecule has 4 heteroatoms. The van der Waals surface area contributed by atoms with Gasteiger partial charge in [0.25, 0.3) is 0 Å². The minimum absolute atomic E-state index is 0.564. The molecule has 4 nitrogen and oxygen atoms in total. The lowest BCUT2D eigenvalue weighted by molar-refractivity contribution is 0.336. The summed E-state index contributed by atoms with van der Waals surface area (Å²) in [6.45, 7) is 3.63. The van der Waals surface area contributed by atoms with Gasteiger partial charge in [0.05, 0.1) is 0 Å². The van der Waals surface area contributed by atoms with Crippen LogP contribution in [0.4, 0.5) is 0 Å². The topological polar surface area (TPSA) is 67.6 Å². The Labute approximate surface area is 73.6 Å². The molecule has 1 aliphatic rings. The zero-order valence-corrected chi connectivity index (χ0v) is 7.50. The van der Waals surface area contributed by atoms with Crippen LogP contribution < -0.4 is 11.6 Å². The molecule has 1 aliphatic heterocycles. The minimum Gasteiger partial charge on any atom is -0.386 e. The van der Waals surface area contributed by atoms with Crippen molar-refractivity contribution >= 4 is 5.84 Å². The van der Waals surface area contributed by atoms with E-state index in [9.17, 15) is 0 Å². The summed E-state index contributed by atoms with van der Waals surface area (Å²) in [7, 11) is 0. The highest BCUT2D eigenvalue weighted by Crippen LogP contribution is 2.07. The molecule has 1 heterocycles. The summed E-state index contributed by atoms with van der Waals surface area (Å²) >= 11 is 0. The molecule has 0 radical (unpaired) electrons. The average Bonchev–Trinajstić information content (AvgIpc) is 2.57. The maximum Gasteiger partial charge on any atom is 0.119 e. The van der Waals surface area contributed by atoms with Crippen molar-refractivity contribution in [2.24, 2.45) is 16.7 Å². The standard InChI is InChI=1S/C8H18N4/c9-8(11-10)4-3-7-12-5-1-2-6-12/h1-7,10H2,(H2,9,11). The highest BCUT2D eigenvalue weighted by molar-refractivity contribution is 5.79. The first-order chi connectivity index (χ1) is 5.83. The summed E-state index contributed by atoms with van der Waals surface area (Å²) in [5.74, 6) is 5.58. The van der Waals surface area contributed by atoms with Gasteiger partial charge in [0.15, 0.2) is 0 Å². The molecule has 0 unspecified atom stereocenters. The molecule has 0 bridgehead atoms. The van der Waals surface area contributed by atoms with Crippen molar-refractivity contribution in [1.82, 2.24) is 4.90 Å². The molecule has 1 saturated heterocycles. The summed E-state index contributed by atoms with van der Waals surface area (Å²) < 4.78 is 0. The van der Waals surface area contributed by atoms with Crippen molar-refractivity contribution < 1.29 is 0 Å². The van der Waals surface area contributed by atoms with Crippen molar-refractivity contribution in [3.8, 4) is 0 Å². The van der Waals surface area contributed by atoms with Crippen LogP contribution in [-0.4, -0.2) is 30.4 Å². The third-order valence-corrected chi connectivity index (χ3v) is 2.27. The van der Waals surface area contributed by atoms with Gasteiger partial charge in [-0.15, -0.1) is 0 Å². The van der Waals surface area contributed by atoms with Crippen LogP contribution in [0.2, 0.25) is 0 Å². The molecule has 1 fully saturated rings. The first kappa shape index (κ1) is 9.32. The van der Waals surface area contributed by atoms with E-state index in [1.807, 2.05) is 0 Å². The van der Waals surface area contributed by atoms with Crippen LogP contribution in [0.25, 0.3) is 0 Å². The van der Waals surface area contributed by atoms with Crippen molar-refractivity contribution in [3.63, 3.8) is 0 Å². The number of hydrogen-bond donors (Lipinski definition) is 2. The summed E-state index contributed by atoms with van der Waals surface area (Å²) in [4.78, 5) is 2.46. The monoisotopic (exact) mass is 170 g/mol. The normalized spacial score (nSPS) is 20.2. The fourth-order valence-electron chi connectivity index (χ4n) is 1.55. The Morgan fingerprint density at radius 2 is 2.00 bits per heavy atom. The van der Waals surface area contributed by atoms with Crippen molar-refractivity contribution in [2.75, 3.05) is 19.6 Å². The molecule has 4 N–H and O–H groups in total. The molecule has 0 saturated carbocycles. The van der Waals surface area contributed by atoms with Gasteiger partial charge in [-0.3, -0.25) is 0 Å². The first-order valence-electron chi connectivity index (χ1n) is 4.57. The highest BCUT2D eigenvalue weighted by Gasteiger charge is 2.10. The smallest absolute Gasteiger partial charge is 0.119 e. The van der Waals surface area contributed by atoms with Crippen molar-refractivity contribution in [2.45, 2.75) is 25.7 Å². The van der Waals surface area contributed by atoms with E-state index in [4.69, 9.17) is 11.6 Å². The van der Waals surface area contributed by atoms with Crippen molar-refractivity contribution in [1.29, 1.82) is 0 Å². The number of nitrogens with zero attached hydrogens (tertiary/aromatic N) is 2. The van der Waals surface area contributed by atoms with E-state index >= 15 is 0 Å². The maximum atomic E-state index is 5.46. The molecule has 0 atom stereocenters. The molecule has 70 valence electrons. The van der Waals surface area contributed by atoms with Gasteiger partial charge < -0.3 is 16.5 Å². The maximum absolute atomic E-state index is 5.46. The van der Waals surface area contributed by atoms with Crippen LogP contribution in [0.3, 0.4) is 0 Å². The molecular weight excluding hydrogens is 152 g/mol. The van der Waals surface area contributed by atoms with Gasteiger partial charge in [-0.05, 0) is 38.9 Å².